The van der Waals surface area contributed by atoms with Crippen molar-refractivity contribution in [1.82, 2.24) is 4.90 Å². The average Bonchev–Trinajstić information content (AvgIpc) is 1.65. The van der Waals surface area contributed by atoms with Gasteiger partial charge in [-0.1, -0.05) is 6.55 Å². The van der Waals surface area contributed by atoms with Crippen molar-refractivity contribution in [2.24, 2.45) is 0 Å². The third kappa shape index (κ3) is 125. The van der Waals surface area contributed by atoms with E-state index in [-0.39, 0.29) is 9.76 Å². The van der Waals surface area contributed by atoms with E-state index >= 15 is 0 Å². The van der Waals surface area contributed by atoms with Crippen molar-refractivity contribution in [2.45, 2.75) is 6.55 Å². The van der Waals surface area contributed by atoms with Gasteiger partial charge >= 0.3 is 0 Å². The highest BCUT2D eigenvalue weighted by molar-refractivity contribution is 6.24. The molecular formula is C5H17NOSi. The Bertz CT molecular complexity index is 28.9. The molecule has 2 nitrogen and oxygen atoms in total. The fourth-order valence-corrected chi connectivity index (χ4v) is 0. The van der Waals surface area contributed by atoms with E-state index in [1.54, 1.807) is 7.11 Å². The molecule has 0 aliphatic heterocycles. The average molecular weight is 135 g/mol. The molecule has 0 aliphatic rings. The Labute approximate surface area is 54.8 Å². The number of hydrogen-bond acceptors (Lipinski definition) is 2. The summed E-state index contributed by atoms with van der Waals surface area (Å²) < 4.78 is 4.68. The monoisotopic (exact) mass is 135 g/mol. The van der Waals surface area contributed by atoms with E-state index in [4.69, 9.17) is 0 Å². The molecule has 0 fully saturated rings. The summed E-state index contributed by atoms with van der Waals surface area (Å²) in [5.41, 5.74) is 0. The van der Waals surface area contributed by atoms with Gasteiger partial charge in [-0.2, -0.15) is 0 Å². The second-order valence-corrected chi connectivity index (χ2v) is 3.07. The lowest BCUT2D eigenvalue weighted by Crippen LogP contribution is -1.99. The molecule has 0 spiro atoms. The minimum atomic E-state index is -0.0756. The van der Waals surface area contributed by atoms with Crippen LogP contribution >= 0.6 is 0 Å². The standard InChI is InChI=1S/C3H9N.C2H8OSi/c1-4(2)3;1-3-4-2/h1-3H3;4H2,1-2H3. The molecule has 0 aromatic rings. The van der Waals surface area contributed by atoms with Crippen LogP contribution in [-0.2, 0) is 4.43 Å². The summed E-state index contributed by atoms with van der Waals surface area (Å²) in [6.07, 6.45) is 0. The topological polar surface area (TPSA) is 12.5 Å². The van der Waals surface area contributed by atoms with Gasteiger partial charge in [0.1, 0.15) is 0 Å². The molecule has 3 heteroatoms. The maximum Gasteiger partial charge on any atom is 0.157 e. The molecule has 8 heavy (non-hydrogen) atoms. The fraction of sp³-hybridized carbons (Fsp3) is 1.00. The third-order valence-electron chi connectivity index (χ3n) is 0.289. The summed E-state index contributed by atoms with van der Waals surface area (Å²) in [5.74, 6) is 0. The zero-order valence-corrected chi connectivity index (χ0v) is 7.98. The van der Waals surface area contributed by atoms with E-state index in [1.165, 1.54) is 0 Å². The van der Waals surface area contributed by atoms with Crippen LogP contribution in [-0.4, -0.2) is 42.9 Å². The summed E-state index contributed by atoms with van der Waals surface area (Å²) in [6, 6.07) is 0. The zero-order valence-electron chi connectivity index (χ0n) is 6.56. The first-order valence-corrected chi connectivity index (χ1v) is 4.74. The van der Waals surface area contributed by atoms with E-state index in [0.717, 1.165) is 0 Å². The van der Waals surface area contributed by atoms with Gasteiger partial charge in [0.25, 0.3) is 0 Å². The second kappa shape index (κ2) is 10.2. The van der Waals surface area contributed by atoms with Gasteiger partial charge in [-0.05, 0) is 21.1 Å². The van der Waals surface area contributed by atoms with Crippen molar-refractivity contribution in [3.05, 3.63) is 0 Å². The normalized spacial score (nSPS) is 9.75. The number of hydrogen-bond donors (Lipinski definition) is 0. The minimum Gasteiger partial charge on any atom is -0.427 e. The third-order valence-corrected chi connectivity index (χ3v) is 0.866. The van der Waals surface area contributed by atoms with Crippen LogP contribution in [0.25, 0.3) is 0 Å². The van der Waals surface area contributed by atoms with Crippen LogP contribution in [0.1, 0.15) is 0 Å². The van der Waals surface area contributed by atoms with Gasteiger partial charge in [0.15, 0.2) is 9.76 Å². The first-order valence-electron chi connectivity index (χ1n) is 2.75. The second-order valence-electron chi connectivity index (χ2n) is 1.92. The van der Waals surface area contributed by atoms with Gasteiger partial charge < -0.3 is 9.33 Å². The van der Waals surface area contributed by atoms with Crippen molar-refractivity contribution in [2.75, 3.05) is 28.3 Å². The van der Waals surface area contributed by atoms with Crippen LogP contribution in [0.2, 0.25) is 6.55 Å². The van der Waals surface area contributed by atoms with Crippen LogP contribution in [0.15, 0.2) is 0 Å². The van der Waals surface area contributed by atoms with E-state index in [1.807, 2.05) is 26.0 Å². The van der Waals surface area contributed by atoms with Gasteiger partial charge in [-0.15, -0.1) is 0 Å². The summed E-state index contributed by atoms with van der Waals surface area (Å²) in [4.78, 5) is 2.00. The Morgan fingerprint density at radius 3 is 1.38 bits per heavy atom. The highest BCUT2D eigenvalue weighted by atomic mass is 28.2. The predicted molar refractivity (Wildman–Crippen MR) is 41.0 cm³/mol. The van der Waals surface area contributed by atoms with Crippen molar-refractivity contribution in [3.63, 3.8) is 0 Å². The first-order chi connectivity index (χ1) is 3.65. The Hall–Kier alpha value is 0.137. The molecular weight excluding hydrogens is 118 g/mol. The molecule has 0 aliphatic carbocycles. The van der Waals surface area contributed by atoms with Crippen molar-refractivity contribution < 1.29 is 4.43 Å². The molecule has 52 valence electrons. The minimum absolute atomic E-state index is 0.0756. The lowest BCUT2D eigenvalue weighted by atomic mass is 11.0. The smallest absolute Gasteiger partial charge is 0.157 e. The zero-order chi connectivity index (χ0) is 6.99. The van der Waals surface area contributed by atoms with Crippen LogP contribution in [0.5, 0.6) is 0 Å². The molecule has 0 aromatic carbocycles. The first kappa shape index (κ1) is 11.0. The van der Waals surface area contributed by atoms with Crippen molar-refractivity contribution in [3.8, 4) is 0 Å². The van der Waals surface area contributed by atoms with Crippen LogP contribution in [0, 0.1) is 0 Å². The predicted octanol–water partition coefficient (Wildman–Crippen LogP) is -0.0575. The fourth-order valence-electron chi connectivity index (χ4n) is 0. The van der Waals surface area contributed by atoms with E-state index < -0.39 is 0 Å². The van der Waals surface area contributed by atoms with Gasteiger partial charge in [0, 0.05) is 7.11 Å². The van der Waals surface area contributed by atoms with Gasteiger partial charge in [0.05, 0.1) is 0 Å². The molecule has 0 bridgehead atoms. The lowest BCUT2D eigenvalue weighted by Gasteiger charge is -1.90. The Balaban J connectivity index is 0. The van der Waals surface area contributed by atoms with Crippen LogP contribution in [0.3, 0.4) is 0 Å². The molecule has 0 saturated heterocycles. The molecule has 0 atom stereocenters. The summed E-state index contributed by atoms with van der Waals surface area (Å²) >= 11 is 0. The van der Waals surface area contributed by atoms with Crippen molar-refractivity contribution in [1.29, 1.82) is 0 Å². The molecule has 0 saturated carbocycles. The van der Waals surface area contributed by atoms with Gasteiger partial charge in [0.2, 0.25) is 0 Å². The highest BCUT2D eigenvalue weighted by Gasteiger charge is 1.58. The Morgan fingerprint density at radius 2 is 1.38 bits per heavy atom. The molecule has 0 aromatic heterocycles. The van der Waals surface area contributed by atoms with Gasteiger partial charge in [-0.3, -0.25) is 0 Å². The molecule has 0 rings (SSSR count). The summed E-state index contributed by atoms with van der Waals surface area (Å²) in [7, 11) is 7.67. The molecule has 0 amide bonds. The molecule has 0 heterocycles. The Kier molecular flexibility index (Phi) is 14.0. The van der Waals surface area contributed by atoms with E-state index in [0.29, 0.717) is 0 Å². The lowest BCUT2D eigenvalue weighted by molar-refractivity contribution is 0.446. The Morgan fingerprint density at radius 1 is 1.25 bits per heavy atom. The van der Waals surface area contributed by atoms with Crippen LogP contribution in [0.4, 0.5) is 0 Å². The maximum atomic E-state index is 4.68. The number of nitrogens with zero attached hydrogens (tertiary/aromatic N) is 1. The van der Waals surface area contributed by atoms with Gasteiger partial charge in [-0.25, -0.2) is 0 Å². The highest BCUT2D eigenvalue weighted by Crippen LogP contribution is 1.48. The molecule has 0 N–H and O–H groups in total. The molecule has 0 unspecified atom stereocenters. The number of rotatable bonds is 1. The van der Waals surface area contributed by atoms with E-state index in [9.17, 15) is 0 Å². The quantitative estimate of drug-likeness (QED) is 0.467. The van der Waals surface area contributed by atoms with Crippen LogP contribution < -0.4 is 0 Å². The maximum absolute atomic E-state index is 4.68. The molecule has 0 radical (unpaired) electrons. The largest absolute Gasteiger partial charge is 0.427 e. The summed E-state index contributed by atoms with van der Waals surface area (Å²) in [5, 5.41) is 0. The summed E-state index contributed by atoms with van der Waals surface area (Å²) in [6.45, 7) is 2.10. The van der Waals surface area contributed by atoms with Crippen molar-refractivity contribution >= 4 is 9.76 Å². The van der Waals surface area contributed by atoms with E-state index in [2.05, 4.69) is 11.0 Å². The SMILES string of the molecule is CN(C)C.CO[SiH2]C.